The van der Waals surface area contributed by atoms with E-state index in [0.717, 1.165) is 50.4 Å². The van der Waals surface area contributed by atoms with Crippen LogP contribution in [0.15, 0.2) is 0 Å². The molecule has 3 nitrogen and oxygen atoms in total. The Bertz CT molecular complexity index is 794. The van der Waals surface area contributed by atoms with Gasteiger partial charge in [-0.25, -0.2) is 0 Å². The normalized spacial score (nSPS) is 45.8. The van der Waals surface area contributed by atoms with Crippen LogP contribution in [0.2, 0.25) is 0 Å². The molecule has 0 aliphatic heterocycles. The molecule has 0 aromatic heterocycles. The van der Waals surface area contributed by atoms with Crippen molar-refractivity contribution in [3.63, 3.8) is 0 Å². The third kappa shape index (κ3) is 4.14. The van der Waals surface area contributed by atoms with Crippen LogP contribution in [0.1, 0.15) is 113 Å². The Morgan fingerprint density at radius 2 is 1.71 bits per heavy atom. The summed E-state index contributed by atoms with van der Waals surface area (Å²) in [5.41, 5.74) is 0.110. The molecule has 4 aliphatic rings. The summed E-state index contributed by atoms with van der Waals surface area (Å²) in [5, 5.41) is 0. The number of rotatable bonds is 6. The van der Waals surface area contributed by atoms with Gasteiger partial charge in [-0.05, 0) is 97.2 Å². The molecule has 0 amide bonds. The van der Waals surface area contributed by atoms with Gasteiger partial charge < -0.3 is 4.74 Å². The number of hydrogen-bond donors (Lipinski definition) is 0. The number of Topliss-reactive ketones (excluding diaryl/α,β-unsaturated/α-hetero) is 1. The van der Waals surface area contributed by atoms with Crippen LogP contribution in [0.3, 0.4) is 0 Å². The van der Waals surface area contributed by atoms with Crippen molar-refractivity contribution in [2.24, 2.45) is 52.3 Å². The highest BCUT2D eigenvalue weighted by atomic mass is 79.9. The Labute approximate surface area is 217 Å². The van der Waals surface area contributed by atoms with Gasteiger partial charge in [0.15, 0.2) is 5.78 Å². The lowest BCUT2D eigenvalue weighted by molar-refractivity contribution is -0.163. The van der Waals surface area contributed by atoms with Crippen LogP contribution in [-0.2, 0) is 14.3 Å². The van der Waals surface area contributed by atoms with E-state index in [2.05, 4.69) is 57.5 Å². The number of esters is 1. The van der Waals surface area contributed by atoms with Crippen molar-refractivity contribution in [1.29, 1.82) is 0 Å². The Balaban J connectivity index is 1.54. The smallest absolute Gasteiger partial charge is 0.302 e. The van der Waals surface area contributed by atoms with Gasteiger partial charge in [-0.3, -0.25) is 9.59 Å². The van der Waals surface area contributed by atoms with E-state index in [4.69, 9.17) is 4.74 Å². The average molecular weight is 538 g/mol. The zero-order chi connectivity index (χ0) is 25.1. The first-order chi connectivity index (χ1) is 15.8. The first kappa shape index (κ1) is 26.7. The molecular weight excluding hydrogens is 488 g/mol. The molecule has 4 rings (SSSR count). The fourth-order valence-electron chi connectivity index (χ4n) is 9.31. The number of alkyl halides is 1. The number of hydrogen-bond acceptors (Lipinski definition) is 3. The van der Waals surface area contributed by atoms with Crippen LogP contribution >= 0.6 is 15.9 Å². The van der Waals surface area contributed by atoms with Gasteiger partial charge in [0.05, 0.1) is 4.32 Å². The molecule has 4 fully saturated rings. The molecule has 0 spiro atoms. The van der Waals surface area contributed by atoms with E-state index < -0.39 is 4.32 Å². The molecule has 0 aromatic rings. The molecule has 34 heavy (non-hydrogen) atoms. The molecular formula is C30H49BrO3. The summed E-state index contributed by atoms with van der Waals surface area (Å²) in [6.45, 7) is 15.9. The Morgan fingerprint density at radius 3 is 2.35 bits per heavy atom. The van der Waals surface area contributed by atoms with E-state index in [0.29, 0.717) is 35.4 Å². The summed E-state index contributed by atoms with van der Waals surface area (Å²) in [5.74, 6) is 4.72. The van der Waals surface area contributed by atoms with Crippen molar-refractivity contribution in [3.8, 4) is 0 Å². The second-order valence-corrected chi connectivity index (χ2v) is 14.9. The van der Waals surface area contributed by atoms with Crippen molar-refractivity contribution in [3.05, 3.63) is 0 Å². The van der Waals surface area contributed by atoms with Gasteiger partial charge in [0, 0.05) is 13.3 Å². The fourth-order valence-corrected chi connectivity index (χ4v) is 10.5. The molecule has 4 heteroatoms. The van der Waals surface area contributed by atoms with Crippen molar-refractivity contribution in [1.82, 2.24) is 0 Å². The van der Waals surface area contributed by atoms with Crippen LogP contribution in [0.25, 0.3) is 0 Å². The molecule has 0 radical (unpaired) electrons. The number of carbonyl (C=O) groups is 2. The lowest BCUT2D eigenvalue weighted by Crippen LogP contribution is -2.67. The largest absolute Gasteiger partial charge is 0.463 e. The van der Waals surface area contributed by atoms with E-state index in [1.807, 2.05) is 0 Å². The highest BCUT2D eigenvalue weighted by molar-refractivity contribution is 9.10. The molecule has 0 aromatic carbocycles. The Hall–Kier alpha value is -0.380. The van der Waals surface area contributed by atoms with Crippen molar-refractivity contribution in [2.75, 3.05) is 0 Å². The van der Waals surface area contributed by atoms with Crippen molar-refractivity contribution in [2.45, 2.75) is 123 Å². The zero-order valence-corrected chi connectivity index (χ0v) is 24.4. The van der Waals surface area contributed by atoms with E-state index in [-0.39, 0.29) is 22.9 Å². The maximum atomic E-state index is 14.2. The maximum absolute atomic E-state index is 14.2. The highest BCUT2D eigenvalue weighted by Gasteiger charge is 2.70. The fraction of sp³-hybridized carbons (Fsp3) is 0.933. The lowest BCUT2D eigenvalue weighted by atomic mass is 9.44. The minimum Gasteiger partial charge on any atom is -0.463 e. The molecule has 0 saturated heterocycles. The minimum atomic E-state index is -0.404. The van der Waals surface area contributed by atoms with Crippen molar-refractivity contribution >= 4 is 27.7 Å². The zero-order valence-electron chi connectivity index (χ0n) is 22.8. The van der Waals surface area contributed by atoms with Gasteiger partial charge in [0.1, 0.15) is 6.10 Å². The van der Waals surface area contributed by atoms with Crippen LogP contribution in [0.4, 0.5) is 0 Å². The summed E-state index contributed by atoms with van der Waals surface area (Å²) in [6.07, 6.45) is 11.0. The maximum Gasteiger partial charge on any atom is 0.302 e. The van der Waals surface area contributed by atoms with Gasteiger partial charge in [0.2, 0.25) is 0 Å². The minimum absolute atomic E-state index is 0.0251. The molecule has 0 unspecified atom stereocenters. The summed E-state index contributed by atoms with van der Waals surface area (Å²) >= 11 is 4.23. The number of fused-ring (bicyclic) bond motifs is 5. The number of ether oxygens (including phenoxy) is 1. The van der Waals surface area contributed by atoms with E-state index >= 15 is 0 Å². The second-order valence-electron chi connectivity index (χ2n) is 13.7. The monoisotopic (exact) mass is 536 g/mol. The Morgan fingerprint density at radius 1 is 1.03 bits per heavy atom. The van der Waals surface area contributed by atoms with Gasteiger partial charge in [-0.1, -0.05) is 70.3 Å². The van der Waals surface area contributed by atoms with Gasteiger partial charge in [-0.2, -0.15) is 0 Å². The summed E-state index contributed by atoms with van der Waals surface area (Å²) in [4.78, 5) is 25.8. The van der Waals surface area contributed by atoms with Crippen LogP contribution in [-0.4, -0.2) is 22.2 Å². The molecule has 194 valence electrons. The SMILES string of the molecule is CC(=O)O[C@H]1CC[C@@]2(C)[C@@H](CC[C@H]3[C@@H]4CC[C@H]([C@H](C)CC[C@H](C)C(C)C)[C@@]4(C)CC(=O)[C@@]32Br)C1. The number of ketones is 1. The molecule has 4 saturated carbocycles. The first-order valence-electron chi connectivity index (χ1n) is 14.2. The number of carbonyl (C=O) groups excluding carboxylic acids is 2. The summed E-state index contributed by atoms with van der Waals surface area (Å²) in [7, 11) is 0. The number of halogens is 1. The van der Waals surface area contributed by atoms with Crippen molar-refractivity contribution < 1.29 is 14.3 Å². The molecule has 4 aliphatic carbocycles. The summed E-state index contributed by atoms with van der Waals surface area (Å²) < 4.78 is 5.22. The molecule has 0 bridgehead atoms. The Kier molecular flexibility index (Phi) is 7.45. The van der Waals surface area contributed by atoms with Crippen LogP contribution in [0, 0.1) is 52.3 Å². The molecule has 10 atom stereocenters. The first-order valence-corrected chi connectivity index (χ1v) is 15.0. The average Bonchev–Trinajstić information content (AvgIpc) is 3.09. The van der Waals surface area contributed by atoms with Gasteiger partial charge in [-0.15, -0.1) is 0 Å². The third-order valence-electron chi connectivity index (χ3n) is 11.8. The molecule has 0 N–H and O–H groups in total. The topological polar surface area (TPSA) is 43.4 Å². The van der Waals surface area contributed by atoms with Crippen LogP contribution < -0.4 is 0 Å². The van der Waals surface area contributed by atoms with Gasteiger partial charge in [0.25, 0.3) is 0 Å². The highest BCUT2D eigenvalue weighted by Crippen LogP contribution is 2.71. The lowest BCUT2D eigenvalue weighted by Gasteiger charge is -2.64. The molecule has 0 heterocycles. The quantitative estimate of drug-likeness (QED) is 0.255. The predicted octanol–water partition coefficient (Wildman–Crippen LogP) is 7.98. The second kappa shape index (κ2) is 9.49. The van der Waals surface area contributed by atoms with Gasteiger partial charge >= 0.3 is 5.97 Å². The third-order valence-corrected chi connectivity index (χ3v) is 13.7. The summed E-state index contributed by atoms with van der Waals surface area (Å²) in [6, 6.07) is 0. The standard InChI is InChI=1S/C30H49BrO3/c1-18(2)19(3)8-9-20(4)24-12-13-25-26-11-10-22-16-23(34-21(5)32)14-15-29(22,7)30(26,31)27(33)17-28(24,25)6/h18-20,22-26H,8-17H2,1-7H3/t19-,20+,22-,23-,24+,25-,26-,28+,29-,30-/m0/s1. The predicted molar refractivity (Wildman–Crippen MR) is 142 cm³/mol. The van der Waals surface area contributed by atoms with E-state index in [9.17, 15) is 9.59 Å². The van der Waals surface area contributed by atoms with E-state index in [1.54, 1.807) is 0 Å². The van der Waals surface area contributed by atoms with E-state index in [1.165, 1.54) is 32.6 Å². The van der Waals surface area contributed by atoms with Crippen LogP contribution in [0.5, 0.6) is 0 Å².